The van der Waals surface area contributed by atoms with Crippen molar-refractivity contribution in [2.45, 2.75) is 43.4 Å². The van der Waals surface area contributed by atoms with Crippen molar-refractivity contribution in [1.29, 1.82) is 0 Å². The van der Waals surface area contributed by atoms with Gasteiger partial charge in [0.15, 0.2) is 0 Å². The minimum absolute atomic E-state index is 0.0438. The van der Waals surface area contributed by atoms with E-state index in [1.807, 2.05) is 12.1 Å². The Bertz CT molecular complexity index is 935. The predicted octanol–water partition coefficient (Wildman–Crippen LogP) is 6.71. The van der Waals surface area contributed by atoms with E-state index in [-0.39, 0.29) is 6.10 Å². The first-order valence-electron chi connectivity index (χ1n) is 11.4. The molecular weight excluding hydrogens is 402 g/mol. The van der Waals surface area contributed by atoms with Crippen LogP contribution in [0, 0.1) is 5.92 Å². The summed E-state index contributed by atoms with van der Waals surface area (Å²) >= 11 is 6.19. The maximum atomic E-state index is 6.78. The van der Waals surface area contributed by atoms with Crippen molar-refractivity contribution >= 4 is 11.6 Å². The SMILES string of the molecule is CN1[C@H]2CC[C@@H]1[C@@H](COC(c1ccccc1)c1ccccc1)[C@@H](c1ccc(Cl)cc1)C2. The average molecular weight is 432 g/mol. The van der Waals surface area contributed by atoms with Crippen LogP contribution in [0.2, 0.25) is 5.02 Å². The van der Waals surface area contributed by atoms with Crippen molar-refractivity contribution < 1.29 is 4.74 Å². The van der Waals surface area contributed by atoms with Gasteiger partial charge in [0.05, 0.1) is 6.61 Å². The van der Waals surface area contributed by atoms with Gasteiger partial charge in [-0.2, -0.15) is 0 Å². The molecule has 31 heavy (non-hydrogen) atoms. The van der Waals surface area contributed by atoms with Crippen LogP contribution >= 0.6 is 11.6 Å². The third-order valence-corrected chi connectivity index (χ3v) is 7.64. The van der Waals surface area contributed by atoms with Crippen LogP contribution in [0.4, 0.5) is 0 Å². The first kappa shape index (κ1) is 20.8. The molecule has 3 aromatic rings. The first-order valence-corrected chi connectivity index (χ1v) is 11.8. The number of hydrogen-bond donors (Lipinski definition) is 0. The van der Waals surface area contributed by atoms with E-state index < -0.39 is 0 Å². The number of nitrogens with zero attached hydrogens (tertiary/aromatic N) is 1. The Kier molecular flexibility index (Phi) is 6.13. The molecule has 2 nitrogen and oxygen atoms in total. The molecule has 4 atom stereocenters. The minimum Gasteiger partial charge on any atom is -0.368 e. The van der Waals surface area contributed by atoms with Crippen molar-refractivity contribution in [3.8, 4) is 0 Å². The molecule has 160 valence electrons. The zero-order valence-corrected chi connectivity index (χ0v) is 18.8. The van der Waals surface area contributed by atoms with E-state index in [0.29, 0.717) is 23.9 Å². The van der Waals surface area contributed by atoms with E-state index in [1.165, 1.54) is 36.0 Å². The molecule has 0 unspecified atom stereocenters. The second kappa shape index (κ2) is 9.16. The maximum absolute atomic E-state index is 6.78. The topological polar surface area (TPSA) is 12.5 Å². The normalized spacial score (nSPS) is 25.8. The van der Waals surface area contributed by atoms with Gasteiger partial charge in [-0.15, -0.1) is 0 Å². The van der Waals surface area contributed by atoms with Gasteiger partial charge < -0.3 is 9.64 Å². The number of fused-ring (bicyclic) bond motifs is 2. The van der Waals surface area contributed by atoms with E-state index in [4.69, 9.17) is 16.3 Å². The molecule has 0 N–H and O–H groups in total. The number of hydrogen-bond acceptors (Lipinski definition) is 2. The van der Waals surface area contributed by atoms with Crippen LogP contribution in [-0.4, -0.2) is 30.6 Å². The summed E-state index contributed by atoms with van der Waals surface area (Å²) in [7, 11) is 2.30. The lowest BCUT2D eigenvalue weighted by atomic mass is 9.76. The summed E-state index contributed by atoms with van der Waals surface area (Å²) in [4.78, 5) is 2.61. The summed E-state index contributed by atoms with van der Waals surface area (Å²) in [5.41, 5.74) is 3.83. The quantitative estimate of drug-likeness (QED) is 0.430. The van der Waals surface area contributed by atoms with Crippen LogP contribution in [0.5, 0.6) is 0 Å². The number of piperidine rings is 1. The number of halogens is 1. The predicted molar refractivity (Wildman–Crippen MR) is 128 cm³/mol. The van der Waals surface area contributed by atoms with Gasteiger partial charge >= 0.3 is 0 Å². The molecule has 2 heterocycles. The molecule has 0 amide bonds. The van der Waals surface area contributed by atoms with Gasteiger partial charge in [0.1, 0.15) is 6.10 Å². The highest BCUT2D eigenvalue weighted by atomic mass is 35.5. The molecule has 2 fully saturated rings. The van der Waals surface area contributed by atoms with Gasteiger partial charge in [-0.3, -0.25) is 0 Å². The maximum Gasteiger partial charge on any atom is 0.108 e. The Balaban J connectivity index is 1.43. The average Bonchev–Trinajstić information content (AvgIpc) is 3.05. The van der Waals surface area contributed by atoms with Crippen molar-refractivity contribution in [3.05, 3.63) is 107 Å². The van der Waals surface area contributed by atoms with Gasteiger partial charge in [-0.05, 0) is 61.1 Å². The van der Waals surface area contributed by atoms with Crippen LogP contribution in [0.3, 0.4) is 0 Å². The monoisotopic (exact) mass is 431 g/mol. The van der Waals surface area contributed by atoms with Crippen molar-refractivity contribution in [2.24, 2.45) is 5.92 Å². The second-order valence-electron chi connectivity index (χ2n) is 9.06. The summed E-state index contributed by atoms with van der Waals surface area (Å²) in [5.74, 6) is 0.984. The highest BCUT2D eigenvalue weighted by Crippen LogP contribution is 2.47. The first-order chi connectivity index (χ1) is 15.2. The highest BCUT2D eigenvalue weighted by molar-refractivity contribution is 6.30. The molecule has 2 bridgehead atoms. The third-order valence-electron chi connectivity index (χ3n) is 7.39. The smallest absolute Gasteiger partial charge is 0.108 e. The van der Waals surface area contributed by atoms with Crippen molar-refractivity contribution in [1.82, 2.24) is 4.90 Å². The Morgan fingerprint density at radius 3 is 2.10 bits per heavy atom. The molecular formula is C28H30ClNO. The van der Waals surface area contributed by atoms with Gasteiger partial charge in [0, 0.05) is 23.0 Å². The highest BCUT2D eigenvalue weighted by Gasteiger charge is 2.46. The van der Waals surface area contributed by atoms with Crippen LogP contribution in [0.15, 0.2) is 84.9 Å². The summed E-state index contributed by atoms with van der Waals surface area (Å²) in [6.07, 6.45) is 3.71. The van der Waals surface area contributed by atoms with E-state index in [2.05, 4.69) is 84.7 Å². The van der Waals surface area contributed by atoms with Gasteiger partial charge in [-0.25, -0.2) is 0 Å². The molecule has 0 aromatic heterocycles. The van der Waals surface area contributed by atoms with E-state index in [9.17, 15) is 0 Å². The molecule has 2 aliphatic heterocycles. The molecule has 0 saturated carbocycles. The molecule has 0 radical (unpaired) electrons. The van der Waals surface area contributed by atoms with E-state index >= 15 is 0 Å². The number of ether oxygens (including phenoxy) is 1. The standard InChI is InChI=1S/C28H30ClNO/c1-30-24-16-17-27(30)26(25(18-24)20-12-14-23(29)15-13-20)19-31-28(21-8-4-2-5-9-21)22-10-6-3-7-11-22/h2-15,24-28H,16-19H2,1H3/t24-,25+,26-,27+/m0/s1. The summed E-state index contributed by atoms with van der Waals surface area (Å²) in [5, 5.41) is 0.806. The molecule has 0 spiro atoms. The number of rotatable bonds is 6. The number of benzene rings is 3. The lowest BCUT2D eigenvalue weighted by molar-refractivity contribution is -0.00335. The largest absolute Gasteiger partial charge is 0.368 e. The summed E-state index contributed by atoms with van der Waals surface area (Å²) in [6, 6.07) is 31.0. The Labute approximate surface area is 190 Å². The van der Waals surface area contributed by atoms with Gasteiger partial charge in [0.25, 0.3) is 0 Å². The lowest BCUT2D eigenvalue weighted by Crippen LogP contribution is -2.47. The van der Waals surface area contributed by atoms with E-state index in [0.717, 1.165) is 11.6 Å². The van der Waals surface area contributed by atoms with E-state index in [1.54, 1.807) is 0 Å². The van der Waals surface area contributed by atoms with Crippen molar-refractivity contribution in [2.75, 3.05) is 13.7 Å². The fourth-order valence-electron chi connectivity index (χ4n) is 5.75. The molecule has 0 aliphatic carbocycles. The Hall–Kier alpha value is -2.13. The van der Waals surface area contributed by atoms with Crippen LogP contribution in [0.1, 0.15) is 48.0 Å². The Morgan fingerprint density at radius 1 is 0.871 bits per heavy atom. The second-order valence-corrected chi connectivity index (χ2v) is 9.49. The molecule has 3 aromatic carbocycles. The lowest BCUT2D eigenvalue weighted by Gasteiger charge is -2.43. The Morgan fingerprint density at radius 2 is 1.48 bits per heavy atom. The fraction of sp³-hybridized carbons (Fsp3) is 0.357. The van der Waals surface area contributed by atoms with Crippen LogP contribution < -0.4 is 0 Å². The fourth-order valence-corrected chi connectivity index (χ4v) is 5.87. The zero-order chi connectivity index (χ0) is 21.2. The molecule has 5 rings (SSSR count). The summed E-state index contributed by atoms with van der Waals surface area (Å²) < 4.78 is 6.78. The minimum atomic E-state index is -0.0438. The third kappa shape index (κ3) is 4.30. The van der Waals surface area contributed by atoms with Crippen LogP contribution in [-0.2, 0) is 4.74 Å². The van der Waals surface area contributed by atoms with Crippen LogP contribution in [0.25, 0.3) is 0 Å². The zero-order valence-electron chi connectivity index (χ0n) is 18.0. The van der Waals surface area contributed by atoms with Crippen molar-refractivity contribution in [3.63, 3.8) is 0 Å². The molecule has 2 saturated heterocycles. The van der Waals surface area contributed by atoms with Gasteiger partial charge in [-0.1, -0.05) is 84.4 Å². The molecule has 3 heteroatoms. The molecule has 2 aliphatic rings. The summed E-state index contributed by atoms with van der Waals surface area (Å²) in [6.45, 7) is 0.753. The van der Waals surface area contributed by atoms with Gasteiger partial charge in [0.2, 0.25) is 0 Å².